The summed E-state index contributed by atoms with van der Waals surface area (Å²) in [4.78, 5) is 14.9. The van der Waals surface area contributed by atoms with Gasteiger partial charge in [-0.05, 0) is 26.0 Å². The lowest BCUT2D eigenvalue weighted by Crippen LogP contribution is -2.27. The predicted molar refractivity (Wildman–Crippen MR) is 103 cm³/mol. The van der Waals surface area contributed by atoms with Gasteiger partial charge in [0.25, 0.3) is 0 Å². The second-order valence-corrected chi connectivity index (χ2v) is 4.40. The first-order valence-electron chi connectivity index (χ1n) is 7.27. The minimum Gasteiger partial charge on any atom is -0.494 e. The first-order chi connectivity index (χ1) is 10.6. The van der Waals surface area contributed by atoms with Gasteiger partial charge in [0.05, 0.1) is 25.4 Å². The van der Waals surface area contributed by atoms with Gasteiger partial charge in [-0.2, -0.15) is 0 Å². The number of guanidine groups is 1. The molecule has 7 nitrogen and oxygen atoms in total. The van der Waals surface area contributed by atoms with Crippen molar-refractivity contribution in [3.63, 3.8) is 0 Å². The summed E-state index contributed by atoms with van der Waals surface area (Å²) < 4.78 is 11.0. The fourth-order valence-electron chi connectivity index (χ4n) is 1.73. The number of anilines is 1. The highest BCUT2D eigenvalue weighted by atomic mass is 127. The van der Waals surface area contributed by atoms with E-state index in [4.69, 9.17) is 15.2 Å². The molecule has 0 atom stereocenters. The predicted octanol–water partition coefficient (Wildman–Crippen LogP) is 1.96. The highest BCUT2D eigenvalue weighted by molar-refractivity contribution is 14.0. The number of nitrogens with one attached hydrogen (secondary N) is 2. The summed E-state index contributed by atoms with van der Waals surface area (Å²) in [5.41, 5.74) is 6.53. The van der Waals surface area contributed by atoms with Crippen molar-refractivity contribution in [2.45, 2.75) is 20.8 Å². The first kappa shape index (κ1) is 21.3. The van der Waals surface area contributed by atoms with E-state index in [1.165, 1.54) is 6.92 Å². The number of nitrogens with zero attached hydrogens (tertiary/aromatic N) is 1. The van der Waals surface area contributed by atoms with E-state index < -0.39 is 0 Å². The summed E-state index contributed by atoms with van der Waals surface area (Å²) in [6.45, 7) is 7.24. The van der Waals surface area contributed by atoms with E-state index in [0.717, 1.165) is 5.75 Å². The number of ether oxygens (including phenoxy) is 2. The SMILES string of the molecule is CCOc1ccc(OCC)c(NC(N)=NCCNC(C)=O)c1.I. The van der Waals surface area contributed by atoms with E-state index in [0.29, 0.717) is 37.7 Å². The lowest BCUT2D eigenvalue weighted by Gasteiger charge is -2.14. The Bertz CT molecular complexity index is 523. The smallest absolute Gasteiger partial charge is 0.216 e. The highest BCUT2D eigenvalue weighted by Gasteiger charge is 2.07. The average Bonchev–Trinajstić information content (AvgIpc) is 2.46. The number of aliphatic imine (C=N–C) groups is 1. The number of benzene rings is 1. The monoisotopic (exact) mass is 436 g/mol. The van der Waals surface area contributed by atoms with Crippen molar-refractivity contribution in [1.29, 1.82) is 0 Å². The van der Waals surface area contributed by atoms with Gasteiger partial charge in [-0.25, -0.2) is 0 Å². The number of hydrogen-bond acceptors (Lipinski definition) is 4. The molecule has 1 amide bonds. The van der Waals surface area contributed by atoms with E-state index in [2.05, 4.69) is 15.6 Å². The van der Waals surface area contributed by atoms with Gasteiger partial charge in [0.2, 0.25) is 5.91 Å². The Hall–Kier alpha value is -1.71. The molecule has 0 radical (unpaired) electrons. The molecule has 0 aliphatic heterocycles. The number of rotatable bonds is 8. The average molecular weight is 436 g/mol. The van der Waals surface area contributed by atoms with Crippen LogP contribution in [-0.2, 0) is 4.79 Å². The maximum absolute atomic E-state index is 10.8. The Morgan fingerprint density at radius 1 is 1.26 bits per heavy atom. The van der Waals surface area contributed by atoms with E-state index in [-0.39, 0.29) is 35.8 Å². The number of nitrogens with two attached hydrogens (primary N) is 1. The van der Waals surface area contributed by atoms with Crippen LogP contribution in [0.3, 0.4) is 0 Å². The molecule has 0 spiro atoms. The molecular weight excluding hydrogens is 411 g/mol. The van der Waals surface area contributed by atoms with Crippen LogP contribution in [0.1, 0.15) is 20.8 Å². The molecule has 0 fully saturated rings. The number of carbonyl (C=O) groups excluding carboxylic acids is 1. The third-order valence-corrected chi connectivity index (χ3v) is 2.59. The Labute approximate surface area is 154 Å². The van der Waals surface area contributed by atoms with Crippen molar-refractivity contribution in [3.8, 4) is 11.5 Å². The summed E-state index contributed by atoms with van der Waals surface area (Å²) >= 11 is 0. The molecule has 0 saturated carbocycles. The summed E-state index contributed by atoms with van der Waals surface area (Å²) in [6.07, 6.45) is 0. The molecule has 0 aromatic heterocycles. The second kappa shape index (κ2) is 11.8. The van der Waals surface area contributed by atoms with Crippen LogP contribution in [0, 0.1) is 0 Å². The molecule has 0 aliphatic rings. The molecule has 1 rings (SSSR count). The molecule has 0 heterocycles. The van der Waals surface area contributed by atoms with Crippen molar-refractivity contribution >= 4 is 41.5 Å². The van der Waals surface area contributed by atoms with Gasteiger partial charge in [-0.15, -0.1) is 24.0 Å². The van der Waals surface area contributed by atoms with Crippen LogP contribution >= 0.6 is 24.0 Å². The molecule has 1 aromatic rings. The van der Waals surface area contributed by atoms with Gasteiger partial charge in [-0.3, -0.25) is 9.79 Å². The van der Waals surface area contributed by atoms with E-state index in [1.807, 2.05) is 32.0 Å². The van der Waals surface area contributed by atoms with Crippen LogP contribution in [0.4, 0.5) is 5.69 Å². The molecule has 130 valence electrons. The summed E-state index contributed by atoms with van der Waals surface area (Å²) in [6, 6.07) is 5.47. The van der Waals surface area contributed by atoms with Crippen molar-refractivity contribution < 1.29 is 14.3 Å². The van der Waals surface area contributed by atoms with Gasteiger partial charge >= 0.3 is 0 Å². The maximum atomic E-state index is 10.8. The molecule has 8 heteroatoms. The molecule has 0 aliphatic carbocycles. The third kappa shape index (κ3) is 8.48. The molecule has 4 N–H and O–H groups in total. The molecule has 0 bridgehead atoms. The molecule has 0 saturated heterocycles. The van der Waals surface area contributed by atoms with Gasteiger partial charge in [0, 0.05) is 19.5 Å². The van der Waals surface area contributed by atoms with Gasteiger partial charge in [-0.1, -0.05) is 0 Å². The third-order valence-electron chi connectivity index (χ3n) is 2.59. The number of hydrogen-bond donors (Lipinski definition) is 3. The van der Waals surface area contributed by atoms with E-state index in [1.54, 1.807) is 0 Å². The van der Waals surface area contributed by atoms with Crippen molar-refractivity contribution in [2.24, 2.45) is 10.7 Å². The Kier molecular flexibility index (Phi) is 10.9. The van der Waals surface area contributed by atoms with Crippen LogP contribution in [0.2, 0.25) is 0 Å². The Morgan fingerprint density at radius 3 is 2.57 bits per heavy atom. The fraction of sp³-hybridized carbons (Fsp3) is 0.467. The fourth-order valence-corrected chi connectivity index (χ4v) is 1.73. The van der Waals surface area contributed by atoms with Gasteiger partial charge < -0.3 is 25.8 Å². The molecule has 0 unspecified atom stereocenters. The summed E-state index contributed by atoms with van der Waals surface area (Å²) in [7, 11) is 0. The zero-order valence-corrected chi connectivity index (χ0v) is 16.0. The highest BCUT2D eigenvalue weighted by Crippen LogP contribution is 2.29. The second-order valence-electron chi connectivity index (χ2n) is 4.40. The zero-order valence-electron chi connectivity index (χ0n) is 13.7. The van der Waals surface area contributed by atoms with Crippen LogP contribution < -0.4 is 25.8 Å². The number of halogens is 1. The van der Waals surface area contributed by atoms with Crippen LogP contribution in [0.25, 0.3) is 0 Å². The first-order valence-corrected chi connectivity index (χ1v) is 7.27. The summed E-state index contributed by atoms with van der Waals surface area (Å²) in [5, 5.41) is 5.64. The number of carbonyl (C=O) groups is 1. The van der Waals surface area contributed by atoms with Crippen LogP contribution in [0.5, 0.6) is 11.5 Å². The van der Waals surface area contributed by atoms with Crippen molar-refractivity contribution in [1.82, 2.24) is 5.32 Å². The quantitative estimate of drug-likeness (QED) is 0.251. The molecule has 1 aromatic carbocycles. The lowest BCUT2D eigenvalue weighted by atomic mass is 10.2. The maximum Gasteiger partial charge on any atom is 0.216 e. The largest absolute Gasteiger partial charge is 0.494 e. The lowest BCUT2D eigenvalue weighted by molar-refractivity contribution is -0.118. The summed E-state index contributed by atoms with van der Waals surface area (Å²) in [5.74, 6) is 1.55. The Morgan fingerprint density at radius 2 is 1.96 bits per heavy atom. The van der Waals surface area contributed by atoms with Crippen molar-refractivity contribution in [3.05, 3.63) is 18.2 Å². The van der Waals surface area contributed by atoms with Crippen molar-refractivity contribution in [2.75, 3.05) is 31.6 Å². The molecular formula is C15H25IN4O3. The van der Waals surface area contributed by atoms with Crippen LogP contribution in [-0.4, -0.2) is 38.2 Å². The minimum absolute atomic E-state index is 0. The zero-order chi connectivity index (χ0) is 16.4. The van der Waals surface area contributed by atoms with E-state index in [9.17, 15) is 4.79 Å². The number of amides is 1. The standard InChI is InChI=1S/C15H24N4O3.HI/c1-4-21-12-6-7-14(22-5-2)13(10-12)19-15(16)18-9-8-17-11(3)20;/h6-7,10H,4-5,8-9H2,1-3H3,(H,17,20)(H3,16,18,19);1H. The minimum atomic E-state index is -0.0928. The topological polar surface area (TPSA) is 98.0 Å². The van der Waals surface area contributed by atoms with Gasteiger partial charge in [0.15, 0.2) is 5.96 Å². The van der Waals surface area contributed by atoms with Gasteiger partial charge in [0.1, 0.15) is 11.5 Å². The Balaban J connectivity index is 0.00000484. The van der Waals surface area contributed by atoms with E-state index >= 15 is 0 Å². The molecule has 23 heavy (non-hydrogen) atoms. The van der Waals surface area contributed by atoms with Crippen LogP contribution in [0.15, 0.2) is 23.2 Å². The normalized spacial score (nSPS) is 10.5.